The van der Waals surface area contributed by atoms with Crippen LogP contribution in [-0.4, -0.2) is 274 Å². The Kier molecular flexibility index (Phi) is 38.6. The van der Waals surface area contributed by atoms with Crippen molar-refractivity contribution in [3.63, 3.8) is 0 Å². The standard InChI is InChI=1S/C80H123N15O18S/c1-15-52(8)69(60(109-13)48-65(100)94-36-20-24-59(94)70(110-14)53(9)72(101)87-58(76-83-35-46-114-76)47-54-21-17-16-18-22-54)91(11)77(105)67(50(4)5)89-75(104)68(51(6)7)92(12)80(108)113-71(78(106)93-40-38-90(10)39-41-93)55-25-27-56(28-26-55)85-73(102)57(23-19-33-84-79(81)107)86-74(103)66(49(2)3)88-62(97)32-42-111-44-45-112-43-34-82-61(96)31-37-95-63(98)29-30-64(95)99/h16-18,21-22,25-28,35,46,49-53,57-60,66-71H,15,19-20,23-24,29-34,36-45,47-48H2,1-14H3,(H,82,96)(H,85,102)(H,86,103)(H,87,101)(H,88,97)(H,89,104)(H3,81,84,107)/t52-,53+,57-,58-,59-,60+,66?,67-,68?,69-,70+,71?/m0/s1. The maximum atomic E-state index is 15.1. The van der Waals surface area contributed by atoms with E-state index in [0.717, 1.165) is 20.4 Å². The lowest BCUT2D eigenvalue weighted by Crippen LogP contribution is -2.60. The summed E-state index contributed by atoms with van der Waals surface area (Å²) in [6.45, 7) is 19.0. The molecular weight excluding hydrogens is 1490 g/mol. The van der Waals surface area contributed by atoms with E-state index in [0.29, 0.717) is 58.4 Å². The fourth-order valence-corrected chi connectivity index (χ4v) is 15.1. The lowest BCUT2D eigenvalue weighted by Gasteiger charge is -2.41. The first-order valence-corrected chi connectivity index (χ1v) is 40.5. The summed E-state index contributed by atoms with van der Waals surface area (Å²) in [6, 6.07) is 8.84. The smallest absolute Gasteiger partial charge is 0.411 e. The first-order valence-electron chi connectivity index (χ1n) is 39.7. The van der Waals surface area contributed by atoms with Crippen molar-refractivity contribution in [2.45, 2.75) is 194 Å². The average Bonchev–Trinajstić information content (AvgIpc) is 1.36. The quantitative estimate of drug-likeness (QED) is 0.0289. The number of benzene rings is 2. The Bertz CT molecular complexity index is 3630. The third-order valence-corrected chi connectivity index (χ3v) is 22.1. The van der Waals surface area contributed by atoms with Crippen LogP contribution in [-0.2, 0) is 82.8 Å². The van der Waals surface area contributed by atoms with Gasteiger partial charge in [-0.05, 0) is 80.5 Å². The third kappa shape index (κ3) is 28.1. The molecule has 0 bridgehead atoms. The largest absolute Gasteiger partial charge is 0.431 e. The Hall–Kier alpha value is -9.22. The predicted octanol–water partition coefficient (Wildman–Crippen LogP) is 4.30. The summed E-state index contributed by atoms with van der Waals surface area (Å²) in [5.74, 6) is -7.31. The number of anilines is 1. The number of likely N-dealkylation sites (tertiary alicyclic amines) is 2. The maximum absolute atomic E-state index is 15.1. The van der Waals surface area contributed by atoms with Crippen LogP contribution < -0.4 is 43.0 Å². The number of urea groups is 1. The fourth-order valence-electron chi connectivity index (χ4n) is 14.4. The Morgan fingerprint density at radius 3 is 1.94 bits per heavy atom. The second-order valence-electron chi connectivity index (χ2n) is 30.5. The first kappa shape index (κ1) is 93.6. The third-order valence-electron chi connectivity index (χ3n) is 21.2. The molecule has 9 N–H and O–H groups in total. The summed E-state index contributed by atoms with van der Waals surface area (Å²) in [7, 11) is 7.97. The van der Waals surface area contributed by atoms with Crippen LogP contribution >= 0.6 is 11.3 Å². The van der Waals surface area contributed by atoms with Crippen LogP contribution in [0.1, 0.15) is 155 Å². The molecule has 6 rings (SSSR count). The highest BCUT2D eigenvalue weighted by Gasteiger charge is 2.45. The van der Waals surface area contributed by atoms with Crippen molar-refractivity contribution in [2.24, 2.45) is 35.3 Å². The number of thiazole rings is 1. The molecule has 3 unspecified atom stereocenters. The van der Waals surface area contributed by atoms with Gasteiger partial charge in [0.05, 0.1) is 69.1 Å². The molecule has 0 radical (unpaired) electrons. The Labute approximate surface area is 674 Å². The summed E-state index contributed by atoms with van der Waals surface area (Å²) in [4.78, 5) is 191. The van der Waals surface area contributed by atoms with Crippen molar-refractivity contribution in [2.75, 3.05) is 119 Å². The number of rotatable bonds is 46. The van der Waals surface area contributed by atoms with E-state index in [1.54, 1.807) is 83.5 Å². The predicted molar refractivity (Wildman–Crippen MR) is 426 cm³/mol. The summed E-state index contributed by atoms with van der Waals surface area (Å²) in [5.41, 5.74) is 6.79. The number of piperazine rings is 1. The lowest BCUT2D eigenvalue weighted by atomic mass is 9.89. The number of methoxy groups -OCH3 is 2. The number of aromatic nitrogens is 1. The minimum absolute atomic E-state index is 0.0121. The van der Waals surface area contributed by atoms with E-state index in [1.165, 1.54) is 49.8 Å². The molecule has 0 spiro atoms. The Morgan fingerprint density at radius 1 is 0.684 bits per heavy atom. The molecule has 33 nitrogen and oxygen atoms in total. The topological polar surface area (TPSA) is 411 Å². The molecule has 34 heteroatoms. The van der Waals surface area contributed by atoms with Crippen LogP contribution in [0.2, 0.25) is 0 Å². The van der Waals surface area contributed by atoms with E-state index in [4.69, 9.17) is 29.4 Å². The molecule has 114 heavy (non-hydrogen) atoms. The number of nitrogens with zero attached hydrogens (tertiary/aromatic N) is 7. The number of amides is 14. The number of primary amides is 1. The molecular formula is C80H123N15O18S. The van der Waals surface area contributed by atoms with Gasteiger partial charge in [0.2, 0.25) is 65.2 Å². The van der Waals surface area contributed by atoms with E-state index in [2.05, 4.69) is 42.2 Å². The van der Waals surface area contributed by atoms with E-state index >= 15 is 4.79 Å². The normalized spacial score (nSPS) is 17.5. The van der Waals surface area contributed by atoms with Crippen LogP contribution in [0.3, 0.4) is 0 Å². The molecule has 632 valence electrons. The van der Waals surface area contributed by atoms with Crippen LogP contribution in [0.15, 0.2) is 66.2 Å². The van der Waals surface area contributed by atoms with Crippen molar-refractivity contribution < 1.29 is 86.0 Å². The Morgan fingerprint density at radius 2 is 1.34 bits per heavy atom. The second-order valence-corrected chi connectivity index (χ2v) is 31.5. The van der Waals surface area contributed by atoms with Gasteiger partial charge in [-0.1, -0.05) is 111 Å². The van der Waals surface area contributed by atoms with Crippen LogP contribution in [0.25, 0.3) is 0 Å². The molecule has 0 aliphatic carbocycles. The molecule has 3 saturated heterocycles. The van der Waals surface area contributed by atoms with Gasteiger partial charge in [-0.25, -0.2) is 14.6 Å². The van der Waals surface area contributed by atoms with Crippen LogP contribution in [0, 0.1) is 29.6 Å². The SMILES string of the molecule is CC[C@H](C)[C@@H]([C@@H](CC(=O)N1CCC[C@H]1[C@H](OC)[C@@H](C)C(=O)N[C@@H](Cc1ccccc1)c1nccs1)OC)N(C)C(=O)[C@@H](NC(=O)C(C(C)C)N(C)C(=O)OC(C(=O)N1CCN(C)CC1)c1ccc(NC(=O)[C@H](CCCNC(N)=O)NC(=O)C(NC(=O)CCOCCOCCNC(=O)CCN2C(=O)CCC2=O)C(C)C)cc1)C(C)C. The van der Waals surface area contributed by atoms with Gasteiger partial charge < -0.3 is 86.2 Å². The molecule has 4 heterocycles. The number of carbonyl (C=O) groups is 13. The molecule has 14 amide bonds. The van der Waals surface area contributed by atoms with Gasteiger partial charge in [-0.15, -0.1) is 11.3 Å². The van der Waals surface area contributed by atoms with Crippen molar-refractivity contribution in [1.82, 2.24) is 66.3 Å². The molecule has 3 aliphatic heterocycles. The van der Waals surface area contributed by atoms with Crippen LogP contribution in [0.4, 0.5) is 15.3 Å². The number of ether oxygens (including phenoxy) is 5. The number of hydrogen-bond acceptors (Lipinski definition) is 21. The van der Waals surface area contributed by atoms with Crippen LogP contribution in [0.5, 0.6) is 0 Å². The maximum Gasteiger partial charge on any atom is 0.411 e. The van der Waals surface area contributed by atoms with Gasteiger partial charge in [0.25, 0.3) is 5.91 Å². The number of nitrogens with two attached hydrogens (primary N) is 1. The number of imide groups is 1. The minimum Gasteiger partial charge on any atom is -0.431 e. The molecule has 1 aromatic heterocycles. The van der Waals surface area contributed by atoms with Crippen molar-refractivity contribution in [1.29, 1.82) is 0 Å². The Balaban J connectivity index is 1.09. The van der Waals surface area contributed by atoms with Crippen molar-refractivity contribution in [3.8, 4) is 0 Å². The highest BCUT2D eigenvalue weighted by Crippen LogP contribution is 2.32. The van der Waals surface area contributed by atoms with Gasteiger partial charge >= 0.3 is 12.1 Å². The second kappa shape index (κ2) is 47.0. The van der Waals surface area contributed by atoms with E-state index in [-0.39, 0.29) is 144 Å². The zero-order valence-corrected chi connectivity index (χ0v) is 69.6. The van der Waals surface area contributed by atoms with E-state index < -0.39 is 126 Å². The highest BCUT2D eigenvalue weighted by molar-refractivity contribution is 7.09. The summed E-state index contributed by atoms with van der Waals surface area (Å²) >= 11 is 1.46. The van der Waals surface area contributed by atoms with Crippen molar-refractivity contribution >= 4 is 94.1 Å². The molecule has 2 aromatic carbocycles. The molecule has 12 atom stereocenters. The van der Waals surface area contributed by atoms with Crippen molar-refractivity contribution in [3.05, 3.63) is 82.3 Å². The van der Waals surface area contributed by atoms with E-state index in [9.17, 15) is 57.5 Å². The molecule has 0 saturated carbocycles. The van der Waals surface area contributed by atoms with Gasteiger partial charge in [-0.3, -0.25) is 62.5 Å². The highest BCUT2D eigenvalue weighted by atomic mass is 32.1. The number of hydrogen-bond donors (Lipinski definition) is 8. The monoisotopic (exact) mass is 1610 g/mol. The number of likely N-dealkylation sites (N-methyl/N-ethyl adjacent to an activating group) is 3. The van der Waals surface area contributed by atoms with Gasteiger partial charge in [0, 0.05) is 129 Å². The first-order chi connectivity index (χ1) is 54.3. The van der Waals surface area contributed by atoms with Gasteiger partial charge in [0.1, 0.15) is 29.2 Å². The summed E-state index contributed by atoms with van der Waals surface area (Å²) in [5, 5.41) is 22.2. The molecule has 3 aromatic rings. The molecule has 3 aliphatic rings. The summed E-state index contributed by atoms with van der Waals surface area (Å²) in [6.07, 6.45) is 0.294. The minimum atomic E-state index is -1.56. The lowest BCUT2D eigenvalue weighted by molar-refractivity contribution is -0.148. The average molecular weight is 1620 g/mol. The number of nitrogens with one attached hydrogen (secondary N) is 7. The zero-order chi connectivity index (χ0) is 83.9. The number of carbonyl (C=O) groups excluding carboxylic acids is 13. The fraction of sp³-hybridized carbons (Fsp3) is 0.650. The summed E-state index contributed by atoms with van der Waals surface area (Å²) < 4.78 is 29.5. The van der Waals surface area contributed by atoms with Gasteiger partial charge in [0.15, 0.2) is 0 Å². The molecule has 3 fully saturated rings. The van der Waals surface area contributed by atoms with E-state index in [1.807, 2.05) is 61.5 Å². The van der Waals surface area contributed by atoms with Gasteiger partial charge in [-0.2, -0.15) is 0 Å². The zero-order valence-electron chi connectivity index (χ0n) is 68.7.